The third-order valence-electron chi connectivity index (χ3n) is 3.03. The summed E-state index contributed by atoms with van der Waals surface area (Å²) in [5.74, 6) is 1.50. The van der Waals surface area contributed by atoms with Gasteiger partial charge in [0.25, 0.3) is 0 Å². The van der Waals surface area contributed by atoms with Crippen molar-refractivity contribution in [2.75, 3.05) is 24.3 Å². The summed E-state index contributed by atoms with van der Waals surface area (Å²) in [6.45, 7) is 5.58. The van der Waals surface area contributed by atoms with Gasteiger partial charge in [0, 0.05) is 36.1 Å². The zero-order chi connectivity index (χ0) is 12.4. The molecule has 3 heteroatoms. The molecule has 1 aliphatic carbocycles. The molecule has 1 saturated carbocycles. The average molecular weight is 234 g/mol. The molecule has 0 aromatic heterocycles. The van der Waals surface area contributed by atoms with Crippen LogP contribution in [0.1, 0.15) is 26.7 Å². The van der Waals surface area contributed by atoms with Gasteiger partial charge in [0.1, 0.15) is 5.75 Å². The molecule has 1 aromatic carbocycles. The number of benzene rings is 1. The third-order valence-corrected chi connectivity index (χ3v) is 3.03. The summed E-state index contributed by atoms with van der Waals surface area (Å²) >= 11 is 0. The van der Waals surface area contributed by atoms with Gasteiger partial charge in [-0.2, -0.15) is 0 Å². The predicted octanol–water partition coefficient (Wildman–Crippen LogP) is 2.90. The zero-order valence-corrected chi connectivity index (χ0v) is 10.9. The monoisotopic (exact) mass is 234 g/mol. The van der Waals surface area contributed by atoms with Crippen molar-refractivity contribution in [1.29, 1.82) is 0 Å². The summed E-state index contributed by atoms with van der Waals surface area (Å²) in [5.41, 5.74) is 7.88. The second-order valence-corrected chi connectivity index (χ2v) is 5.24. The van der Waals surface area contributed by atoms with Gasteiger partial charge in [-0.1, -0.05) is 13.8 Å². The number of nitrogens with zero attached hydrogens (tertiary/aromatic N) is 1. The molecule has 94 valence electrons. The van der Waals surface area contributed by atoms with Crippen LogP contribution in [0.4, 0.5) is 11.4 Å². The minimum atomic E-state index is 0.656. The van der Waals surface area contributed by atoms with Crippen LogP contribution in [-0.2, 0) is 0 Å². The lowest BCUT2D eigenvalue weighted by Gasteiger charge is -2.27. The molecule has 17 heavy (non-hydrogen) atoms. The zero-order valence-electron chi connectivity index (χ0n) is 10.9. The topological polar surface area (TPSA) is 38.5 Å². The Hall–Kier alpha value is -1.38. The number of nitrogen functional groups attached to an aromatic ring is 1. The van der Waals surface area contributed by atoms with E-state index in [1.165, 1.54) is 18.5 Å². The molecule has 0 saturated heterocycles. The van der Waals surface area contributed by atoms with Crippen molar-refractivity contribution in [3.63, 3.8) is 0 Å². The summed E-state index contributed by atoms with van der Waals surface area (Å²) in [6, 6.07) is 6.69. The van der Waals surface area contributed by atoms with E-state index in [1.807, 2.05) is 12.1 Å². The number of ether oxygens (including phenoxy) is 1. The Bertz CT molecular complexity index is 386. The molecule has 2 N–H and O–H groups in total. The fraction of sp³-hybridized carbons (Fsp3) is 0.571. The smallest absolute Gasteiger partial charge is 0.122 e. The lowest BCUT2D eigenvalue weighted by Crippen LogP contribution is -2.29. The van der Waals surface area contributed by atoms with E-state index in [2.05, 4.69) is 24.8 Å². The molecule has 0 radical (unpaired) electrons. The number of nitrogens with two attached hydrogens (primary N) is 1. The van der Waals surface area contributed by atoms with Gasteiger partial charge >= 0.3 is 0 Å². The first-order valence-corrected chi connectivity index (χ1v) is 6.31. The second-order valence-electron chi connectivity index (χ2n) is 5.24. The highest BCUT2D eigenvalue weighted by Crippen LogP contribution is 2.35. The van der Waals surface area contributed by atoms with E-state index < -0.39 is 0 Å². The molecular formula is C14H22N2O. The van der Waals surface area contributed by atoms with Gasteiger partial charge in [-0.15, -0.1) is 0 Å². The van der Waals surface area contributed by atoms with Crippen LogP contribution >= 0.6 is 0 Å². The second kappa shape index (κ2) is 4.86. The highest BCUT2D eigenvalue weighted by Gasteiger charge is 2.29. The molecule has 2 rings (SSSR count). The molecule has 1 fully saturated rings. The van der Waals surface area contributed by atoms with Crippen LogP contribution < -0.4 is 15.4 Å². The van der Waals surface area contributed by atoms with Crippen LogP contribution in [0.25, 0.3) is 0 Å². The lowest BCUT2D eigenvalue weighted by atomic mass is 10.1. The fourth-order valence-electron chi connectivity index (χ4n) is 2.13. The molecule has 0 bridgehead atoms. The summed E-state index contributed by atoms with van der Waals surface area (Å²) in [5, 5.41) is 0. The van der Waals surface area contributed by atoms with E-state index >= 15 is 0 Å². The number of methoxy groups -OCH3 is 1. The Morgan fingerprint density at radius 2 is 2.06 bits per heavy atom. The van der Waals surface area contributed by atoms with Gasteiger partial charge in [0.15, 0.2) is 0 Å². The Kier molecular flexibility index (Phi) is 3.46. The molecule has 0 heterocycles. The van der Waals surface area contributed by atoms with E-state index in [1.54, 1.807) is 7.11 Å². The van der Waals surface area contributed by atoms with Gasteiger partial charge in [-0.05, 0) is 24.8 Å². The average Bonchev–Trinajstić information content (AvgIpc) is 3.08. The maximum Gasteiger partial charge on any atom is 0.122 e. The van der Waals surface area contributed by atoms with Crippen LogP contribution in [0.15, 0.2) is 18.2 Å². The minimum Gasteiger partial charge on any atom is -0.497 e. The van der Waals surface area contributed by atoms with E-state index in [-0.39, 0.29) is 0 Å². The van der Waals surface area contributed by atoms with Gasteiger partial charge in [-0.3, -0.25) is 0 Å². The van der Waals surface area contributed by atoms with Crippen molar-refractivity contribution in [1.82, 2.24) is 0 Å². The summed E-state index contributed by atoms with van der Waals surface area (Å²) in [7, 11) is 1.68. The van der Waals surface area contributed by atoms with Crippen molar-refractivity contribution in [2.24, 2.45) is 5.92 Å². The highest BCUT2D eigenvalue weighted by atomic mass is 16.5. The maximum absolute atomic E-state index is 5.92. The van der Waals surface area contributed by atoms with Crippen LogP contribution in [0.2, 0.25) is 0 Å². The van der Waals surface area contributed by atoms with Gasteiger partial charge in [0.2, 0.25) is 0 Å². The van der Waals surface area contributed by atoms with Crippen molar-refractivity contribution in [2.45, 2.75) is 32.7 Å². The minimum absolute atomic E-state index is 0.656. The predicted molar refractivity (Wildman–Crippen MR) is 72.6 cm³/mol. The first kappa shape index (κ1) is 12.1. The standard InChI is InChI=1S/C14H22N2O/c1-10(2)9-16(12-4-5-12)13-6-11(15)7-14(8-13)17-3/h6-8,10,12H,4-5,9,15H2,1-3H3. The van der Waals surface area contributed by atoms with E-state index in [0.717, 1.165) is 18.0 Å². The molecule has 0 aliphatic heterocycles. The van der Waals surface area contributed by atoms with Gasteiger partial charge < -0.3 is 15.4 Å². The Balaban J connectivity index is 2.25. The van der Waals surface area contributed by atoms with Crippen molar-refractivity contribution in [3.05, 3.63) is 18.2 Å². The van der Waals surface area contributed by atoms with Crippen molar-refractivity contribution in [3.8, 4) is 5.75 Å². The quantitative estimate of drug-likeness (QED) is 0.796. The fourth-order valence-corrected chi connectivity index (χ4v) is 2.13. The molecule has 1 aromatic rings. The van der Waals surface area contributed by atoms with E-state index in [0.29, 0.717) is 12.0 Å². The first-order chi connectivity index (χ1) is 8.10. The highest BCUT2D eigenvalue weighted by molar-refractivity contribution is 5.61. The van der Waals surface area contributed by atoms with E-state index in [9.17, 15) is 0 Å². The van der Waals surface area contributed by atoms with Crippen molar-refractivity contribution >= 4 is 11.4 Å². The van der Waals surface area contributed by atoms with Crippen LogP contribution in [-0.4, -0.2) is 19.7 Å². The number of hydrogen-bond donors (Lipinski definition) is 1. The lowest BCUT2D eigenvalue weighted by molar-refractivity contribution is 0.415. The Morgan fingerprint density at radius 3 is 2.59 bits per heavy atom. The Labute approximate surface area is 104 Å². The number of hydrogen-bond acceptors (Lipinski definition) is 3. The third kappa shape index (κ3) is 3.05. The molecule has 0 atom stereocenters. The molecular weight excluding hydrogens is 212 g/mol. The SMILES string of the molecule is COc1cc(N)cc(N(CC(C)C)C2CC2)c1. The van der Waals surface area contributed by atoms with Crippen molar-refractivity contribution < 1.29 is 4.74 Å². The molecule has 0 unspecified atom stereocenters. The summed E-state index contributed by atoms with van der Waals surface area (Å²) < 4.78 is 5.28. The first-order valence-electron chi connectivity index (χ1n) is 6.31. The molecule has 0 spiro atoms. The van der Waals surface area contributed by atoms with E-state index in [4.69, 9.17) is 10.5 Å². The van der Waals surface area contributed by atoms with Crippen LogP contribution in [0.3, 0.4) is 0 Å². The molecule has 0 amide bonds. The summed E-state index contributed by atoms with van der Waals surface area (Å²) in [4.78, 5) is 2.46. The van der Waals surface area contributed by atoms with Gasteiger partial charge in [0.05, 0.1) is 7.11 Å². The van der Waals surface area contributed by atoms with Crippen LogP contribution in [0.5, 0.6) is 5.75 Å². The largest absolute Gasteiger partial charge is 0.497 e. The number of anilines is 2. The number of rotatable bonds is 5. The summed E-state index contributed by atoms with van der Waals surface area (Å²) in [6.07, 6.45) is 2.59. The molecule has 3 nitrogen and oxygen atoms in total. The molecule has 1 aliphatic rings. The maximum atomic E-state index is 5.92. The van der Waals surface area contributed by atoms with Crippen LogP contribution in [0, 0.1) is 5.92 Å². The van der Waals surface area contributed by atoms with Gasteiger partial charge in [-0.25, -0.2) is 0 Å². The normalized spacial score (nSPS) is 15.1. The Morgan fingerprint density at radius 1 is 1.35 bits per heavy atom.